The van der Waals surface area contributed by atoms with E-state index >= 15 is 0 Å². The van der Waals surface area contributed by atoms with E-state index in [9.17, 15) is 4.79 Å². The van der Waals surface area contributed by atoms with Crippen molar-refractivity contribution >= 4 is 35.0 Å². The molecule has 5 N–H and O–H groups in total. The summed E-state index contributed by atoms with van der Waals surface area (Å²) < 4.78 is 5.02. The summed E-state index contributed by atoms with van der Waals surface area (Å²) in [7, 11) is 0. The highest BCUT2D eigenvalue weighted by molar-refractivity contribution is 7.98. The topological polar surface area (TPSA) is 107 Å². The average molecular weight is 299 g/mol. The minimum Gasteiger partial charge on any atom is -0.398 e. The molecule has 0 aliphatic heterocycles. The predicted molar refractivity (Wildman–Crippen MR) is 73.6 cm³/mol. The Kier molecular flexibility index (Phi) is 4.31. The van der Waals surface area contributed by atoms with Crippen LogP contribution in [0.5, 0.6) is 0 Å². The number of thioether (sulfide) groups is 1. The van der Waals surface area contributed by atoms with Crippen molar-refractivity contribution in [2.24, 2.45) is 5.84 Å². The summed E-state index contributed by atoms with van der Waals surface area (Å²) >= 11 is 7.41. The van der Waals surface area contributed by atoms with E-state index in [-0.39, 0.29) is 5.69 Å². The molecule has 1 heterocycles. The number of benzene rings is 1. The van der Waals surface area contributed by atoms with Gasteiger partial charge in [-0.1, -0.05) is 16.8 Å². The van der Waals surface area contributed by atoms with Crippen molar-refractivity contribution in [3.63, 3.8) is 0 Å². The molecule has 0 unspecified atom stereocenters. The quantitative estimate of drug-likeness (QED) is 0.261. The van der Waals surface area contributed by atoms with Crippen molar-refractivity contribution in [2.75, 3.05) is 5.73 Å². The molecule has 0 aliphatic carbocycles. The van der Waals surface area contributed by atoms with E-state index in [0.29, 0.717) is 22.2 Å². The maximum Gasteiger partial charge on any atom is 0.287 e. The average Bonchev–Trinajstić information content (AvgIpc) is 2.88. The summed E-state index contributed by atoms with van der Waals surface area (Å²) in [4.78, 5) is 12.1. The number of rotatable bonds is 4. The summed E-state index contributed by atoms with van der Waals surface area (Å²) in [6.07, 6.45) is 0. The molecule has 1 aromatic heterocycles. The van der Waals surface area contributed by atoms with Gasteiger partial charge in [-0.15, -0.1) is 11.8 Å². The lowest BCUT2D eigenvalue weighted by Crippen LogP contribution is -2.30. The molecule has 8 heteroatoms. The second-order valence-corrected chi connectivity index (χ2v) is 5.08. The Hall–Kier alpha value is -1.70. The summed E-state index contributed by atoms with van der Waals surface area (Å²) in [5, 5.41) is 4.11. The van der Waals surface area contributed by atoms with Crippen LogP contribution >= 0.6 is 23.4 Å². The van der Waals surface area contributed by atoms with Crippen molar-refractivity contribution < 1.29 is 9.32 Å². The number of carbonyl (C=O) groups is 1. The number of nitrogens with two attached hydrogens (primary N) is 2. The molecular formula is C11H11ClN4O2S. The molecule has 100 valence electrons. The molecule has 0 bridgehead atoms. The summed E-state index contributed by atoms with van der Waals surface area (Å²) in [5.41, 5.74) is 8.29. The molecule has 0 aliphatic rings. The Morgan fingerprint density at radius 1 is 1.47 bits per heavy atom. The number of halogens is 1. The molecule has 1 amide bonds. The number of amides is 1. The Labute approximate surface area is 118 Å². The lowest BCUT2D eigenvalue weighted by atomic mass is 10.3. The third-order valence-electron chi connectivity index (χ3n) is 2.28. The third-order valence-corrected chi connectivity index (χ3v) is 3.62. The molecule has 0 spiro atoms. The second-order valence-electron chi connectivity index (χ2n) is 3.62. The molecule has 1 aromatic carbocycles. The van der Waals surface area contributed by atoms with Crippen LogP contribution in [0, 0.1) is 0 Å². The van der Waals surface area contributed by atoms with E-state index in [1.165, 1.54) is 17.8 Å². The van der Waals surface area contributed by atoms with Crippen LogP contribution in [0.2, 0.25) is 5.02 Å². The zero-order valence-corrected chi connectivity index (χ0v) is 11.3. The first-order chi connectivity index (χ1) is 9.10. The van der Waals surface area contributed by atoms with Gasteiger partial charge >= 0.3 is 0 Å². The van der Waals surface area contributed by atoms with Gasteiger partial charge in [0.15, 0.2) is 5.69 Å². The molecule has 0 radical (unpaired) electrons. The molecule has 6 nitrogen and oxygen atoms in total. The van der Waals surface area contributed by atoms with Crippen molar-refractivity contribution in [3.05, 3.63) is 40.7 Å². The first-order valence-electron chi connectivity index (χ1n) is 5.24. The third kappa shape index (κ3) is 3.40. The van der Waals surface area contributed by atoms with E-state index < -0.39 is 5.91 Å². The number of nitrogens with zero attached hydrogens (tertiary/aromatic N) is 1. The molecule has 2 rings (SSSR count). The number of hydrogen-bond acceptors (Lipinski definition) is 6. The van der Waals surface area contributed by atoms with E-state index in [4.69, 9.17) is 27.7 Å². The van der Waals surface area contributed by atoms with Gasteiger partial charge in [0.1, 0.15) is 5.76 Å². The van der Waals surface area contributed by atoms with Crippen LogP contribution in [0.25, 0.3) is 0 Å². The Morgan fingerprint density at radius 2 is 2.26 bits per heavy atom. The number of aromatic nitrogens is 1. The molecule has 2 aromatic rings. The standard InChI is InChI=1S/C11H11ClN4O2S/c12-8-4-7(1-2-9(8)13)19-5-6-3-10(16-18-6)11(17)15-14/h1-4H,5,13-14H2,(H,15,17). The van der Waals surface area contributed by atoms with Gasteiger partial charge in [0.25, 0.3) is 5.91 Å². The number of carbonyl (C=O) groups excluding carboxylic acids is 1. The van der Waals surface area contributed by atoms with Crippen LogP contribution in [0.3, 0.4) is 0 Å². The fourth-order valence-electron chi connectivity index (χ4n) is 1.31. The van der Waals surface area contributed by atoms with Crippen LogP contribution in [0.4, 0.5) is 5.69 Å². The molecule has 0 atom stereocenters. The van der Waals surface area contributed by atoms with Gasteiger partial charge < -0.3 is 10.3 Å². The number of hydrogen-bond donors (Lipinski definition) is 3. The fraction of sp³-hybridized carbons (Fsp3) is 0.0909. The minimum atomic E-state index is -0.490. The van der Waals surface area contributed by atoms with Gasteiger partial charge in [-0.2, -0.15) is 0 Å². The first-order valence-corrected chi connectivity index (χ1v) is 6.61. The zero-order chi connectivity index (χ0) is 13.8. The summed E-state index contributed by atoms with van der Waals surface area (Å²) in [6, 6.07) is 6.90. The van der Waals surface area contributed by atoms with Gasteiger partial charge in [0.05, 0.1) is 16.5 Å². The number of nitrogen functional groups attached to an aromatic ring is 2. The first kappa shape index (κ1) is 13.7. The molecular weight excluding hydrogens is 288 g/mol. The maximum absolute atomic E-state index is 11.2. The van der Waals surface area contributed by atoms with E-state index in [0.717, 1.165) is 4.90 Å². The van der Waals surface area contributed by atoms with Crippen LogP contribution in [-0.2, 0) is 5.75 Å². The number of anilines is 1. The molecule has 0 saturated carbocycles. The van der Waals surface area contributed by atoms with E-state index in [2.05, 4.69) is 5.16 Å². The Morgan fingerprint density at radius 3 is 2.95 bits per heavy atom. The lowest BCUT2D eigenvalue weighted by Gasteiger charge is -2.01. The highest BCUT2D eigenvalue weighted by Gasteiger charge is 2.11. The van der Waals surface area contributed by atoms with Gasteiger partial charge in [-0.25, -0.2) is 5.84 Å². The van der Waals surface area contributed by atoms with Crippen molar-refractivity contribution in [1.82, 2.24) is 10.6 Å². The normalized spacial score (nSPS) is 10.4. The lowest BCUT2D eigenvalue weighted by molar-refractivity contribution is 0.0944. The highest BCUT2D eigenvalue weighted by Crippen LogP contribution is 2.28. The predicted octanol–water partition coefficient (Wildman–Crippen LogP) is 1.81. The maximum atomic E-state index is 11.2. The Bertz CT molecular complexity index is 602. The Balaban J connectivity index is 2.00. The number of nitrogens with one attached hydrogen (secondary N) is 1. The van der Waals surface area contributed by atoms with Gasteiger partial charge in [-0.3, -0.25) is 10.2 Å². The number of hydrazine groups is 1. The molecule has 0 saturated heterocycles. The van der Waals surface area contributed by atoms with Crippen molar-refractivity contribution in [2.45, 2.75) is 10.6 Å². The molecule has 19 heavy (non-hydrogen) atoms. The fourth-order valence-corrected chi connectivity index (χ4v) is 2.37. The van der Waals surface area contributed by atoms with Crippen molar-refractivity contribution in [3.8, 4) is 0 Å². The van der Waals surface area contributed by atoms with Crippen LogP contribution in [0.15, 0.2) is 33.7 Å². The van der Waals surface area contributed by atoms with E-state index in [1.807, 2.05) is 11.5 Å². The SMILES string of the molecule is NNC(=O)c1cc(CSc2ccc(N)c(Cl)c2)on1. The van der Waals surface area contributed by atoms with Crippen molar-refractivity contribution in [1.29, 1.82) is 0 Å². The molecule has 0 fully saturated rings. The van der Waals surface area contributed by atoms with Crippen LogP contribution in [-0.4, -0.2) is 11.1 Å². The highest BCUT2D eigenvalue weighted by atomic mass is 35.5. The second kappa shape index (κ2) is 5.96. The monoisotopic (exact) mass is 298 g/mol. The minimum absolute atomic E-state index is 0.147. The van der Waals surface area contributed by atoms with E-state index in [1.54, 1.807) is 12.1 Å². The largest absolute Gasteiger partial charge is 0.398 e. The summed E-state index contributed by atoms with van der Waals surface area (Å²) in [6.45, 7) is 0. The smallest absolute Gasteiger partial charge is 0.287 e. The summed E-state index contributed by atoms with van der Waals surface area (Å²) in [5.74, 6) is 5.59. The van der Waals surface area contributed by atoms with Crippen LogP contribution < -0.4 is 17.0 Å². The van der Waals surface area contributed by atoms with Crippen LogP contribution in [0.1, 0.15) is 16.2 Å². The van der Waals surface area contributed by atoms with Gasteiger partial charge in [0, 0.05) is 11.0 Å². The van der Waals surface area contributed by atoms with Gasteiger partial charge in [-0.05, 0) is 18.2 Å². The van der Waals surface area contributed by atoms with Gasteiger partial charge in [0.2, 0.25) is 0 Å². The zero-order valence-electron chi connectivity index (χ0n) is 9.72.